The Morgan fingerprint density at radius 3 is 1.35 bits per heavy atom. The first-order chi connectivity index (χ1) is 22.5. The third-order valence-electron chi connectivity index (χ3n) is 11.7. The third kappa shape index (κ3) is 6.34. The first-order valence-corrected chi connectivity index (χ1v) is 36.9. The van der Waals surface area contributed by atoms with Crippen molar-refractivity contribution in [2.75, 3.05) is 0 Å². The molecule has 2 aliphatic carbocycles. The number of unbranched alkanes of at least 4 members (excludes halogenated alkanes) is 6. The van der Waals surface area contributed by atoms with Crippen LogP contribution in [-0.2, 0) is 17.1 Å². The maximum absolute atomic E-state index is 3.93. The van der Waals surface area contributed by atoms with Gasteiger partial charge in [-0.15, -0.1) is 0 Å². The zero-order valence-corrected chi connectivity index (χ0v) is 33.4. The molecule has 0 aliphatic heterocycles. The second-order valence-corrected chi connectivity index (χ2v) is 60.8. The molecule has 0 aromatic heterocycles. The molecule has 238 valence electrons. The van der Waals surface area contributed by atoms with Crippen LogP contribution in [0.5, 0.6) is 0 Å². The number of allylic oxidation sites excluding steroid dienone is 2. The van der Waals surface area contributed by atoms with Gasteiger partial charge >= 0.3 is 283 Å². The van der Waals surface area contributed by atoms with Crippen molar-refractivity contribution in [3.8, 4) is 22.3 Å². The minimum atomic E-state index is -3.93. The molecule has 0 bridgehead atoms. The summed E-state index contributed by atoms with van der Waals surface area (Å²) in [6, 6.07) is 39.7. The van der Waals surface area contributed by atoms with Gasteiger partial charge in [0.2, 0.25) is 0 Å². The van der Waals surface area contributed by atoms with Crippen molar-refractivity contribution in [2.45, 2.75) is 94.0 Å². The van der Waals surface area contributed by atoms with Gasteiger partial charge in [-0.1, -0.05) is 0 Å². The molecule has 46 heavy (non-hydrogen) atoms. The summed E-state index contributed by atoms with van der Waals surface area (Å²) < 4.78 is 7.10. The molecule has 4 aromatic carbocycles. The van der Waals surface area contributed by atoms with Gasteiger partial charge in [-0.25, -0.2) is 0 Å². The van der Waals surface area contributed by atoms with E-state index in [-0.39, 0.29) is 0 Å². The quantitative estimate of drug-likeness (QED) is 0.0882. The van der Waals surface area contributed by atoms with Gasteiger partial charge in [0.05, 0.1) is 0 Å². The molecule has 4 aromatic rings. The Bertz CT molecular complexity index is 1640. The maximum atomic E-state index is 2.96. The first kappa shape index (κ1) is 33.4. The molecule has 0 N–H and O–H groups in total. The van der Waals surface area contributed by atoms with E-state index >= 15 is 0 Å². The van der Waals surface area contributed by atoms with Gasteiger partial charge in [0.1, 0.15) is 0 Å². The van der Waals surface area contributed by atoms with Crippen molar-refractivity contribution in [1.82, 2.24) is 0 Å². The van der Waals surface area contributed by atoms with Crippen molar-refractivity contribution >= 4 is 17.6 Å². The molecule has 0 saturated heterocycles. The van der Waals surface area contributed by atoms with Gasteiger partial charge in [-0.05, 0) is 0 Å². The predicted octanol–water partition coefficient (Wildman–Crippen LogP) is 13.8. The van der Waals surface area contributed by atoms with Crippen LogP contribution in [0.25, 0.3) is 34.4 Å². The molecule has 0 heterocycles. The first-order valence-electron chi connectivity index (χ1n) is 18.2. The van der Waals surface area contributed by atoms with Crippen LogP contribution in [0.4, 0.5) is 0 Å². The summed E-state index contributed by atoms with van der Waals surface area (Å²) in [4.78, 5) is 0. The number of hydrogen-bond acceptors (Lipinski definition) is 0. The molecule has 2 aliphatic rings. The molecule has 0 saturated carbocycles. The average molecular weight is 789 g/mol. The van der Waals surface area contributed by atoms with Crippen LogP contribution < -0.4 is 0 Å². The van der Waals surface area contributed by atoms with E-state index in [1.54, 1.807) is 11.1 Å². The van der Waals surface area contributed by atoms with Crippen molar-refractivity contribution in [3.63, 3.8) is 0 Å². The summed E-state index contributed by atoms with van der Waals surface area (Å²) in [5.74, 6) is 0. The van der Waals surface area contributed by atoms with Crippen LogP contribution >= 0.6 is 0 Å². The van der Waals surface area contributed by atoms with Crippen LogP contribution in [0.15, 0.2) is 109 Å². The average Bonchev–Trinajstić information content (AvgIpc) is 3.75. The van der Waals surface area contributed by atoms with Gasteiger partial charge in [-0.2, -0.15) is 0 Å². The van der Waals surface area contributed by atoms with Crippen LogP contribution in [0.1, 0.15) is 94.8 Å². The normalized spacial score (nSPS) is 16.9. The van der Waals surface area contributed by atoms with Crippen LogP contribution in [-0.4, -0.2) is 5.49 Å². The fourth-order valence-electron chi connectivity index (χ4n) is 9.04. The Balaban J connectivity index is 1.55. The van der Waals surface area contributed by atoms with Gasteiger partial charge in [-0.3, -0.25) is 0 Å². The van der Waals surface area contributed by atoms with E-state index in [0.29, 0.717) is 7.35 Å². The second kappa shape index (κ2) is 14.7. The molecule has 0 radical (unpaired) electrons. The fraction of sp³-hybridized carbons (Fsp3) is 0.364. The van der Waals surface area contributed by atoms with Gasteiger partial charge in [0.15, 0.2) is 0 Å². The summed E-state index contributed by atoms with van der Waals surface area (Å²) in [5.41, 5.74) is 11.1. The third-order valence-corrected chi connectivity index (χ3v) is 67.8. The zero-order chi connectivity index (χ0) is 32.0. The SMILES string of the molecule is CCCCCC[Si](CCCCCC)=[Hf]([CH3])([CH3])([CH]1C=Cc2c(-c3ccccc3)cccc21)[CH]1C=Cc2c(-c3ccccc3)cccc21. The summed E-state index contributed by atoms with van der Waals surface area (Å²) in [6.07, 6.45) is 21.6. The molecule has 0 nitrogen and oxygen atoms in total. The Morgan fingerprint density at radius 1 is 0.500 bits per heavy atom. The van der Waals surface area contributed by atoms with E-state index in [2.05, 4.69) is 145 Å². The Labute approximate surface area is 280 Å². The number of benzene rings is 4. The Hall–Kier alpha value is -2.55. The van der Waals surface area contributed by atoms with Gasteiger partial charge in [0.25, 0.3) is 0 Å². The van der Waals surface area contributed by atoms with Crippen molar-refractivity contribution in [3.05, 3.63) is 131 Å². The summed E-state index contributed by atoms with van der Waals surface area (Å²) in [5, 5.41) is 0. The molecule has 6 rings (SSSR count). The summed E-state index contributed by atoms with van der Waals surface area (Å²) in [7, 11) is 0. The monoisotopic (exact) mass is 790 g/mol. The second-order valence-electron chi connectivity index (χ2n) is 14.9. The van der Waals surface area contributed by atoms with Crippen molar-refractivity contribution in [2.24, 2.45) is 0 Å². The molecule has 2 atom stereocenters. The fourth-order valence-corrected chi connectivity index (χ4v) is 62.5. The van der Waals surface area contributed by atoms with E-state index < -0.39 is 22.6 Å². The van der Waals surface area contributed by atoms with E-state index in [0.717, 1.165) is 0 Å². The van der Waals surface area contributed by atoms with Crippen LogP contribution in [0.2, 0.25) is 21.4 Å². The minimum absolute atomic E-state index is 0.586. The van der Waals surface area contributed by atoms with Gasteiger partial charge in [0, 0.05) is 0 Å². The Kier molecular flexibility index (Phi) is 10.7. The van der Waals surface area contributed by atoms with Crippen molar-refractivity contribution < 1.29 is 17.1 Å². The zero-order valence-electron chi connectivity index (χ0n) is 28.8. The molecule has 0 fully saturated rings. The summed E-state index contributed by atoms with van der Waals surface area (Å²) >= 11 is -3.93. The molecular weight excluding hydrogens is 735 g/mol. The van der Waals surface area contributed by atoms with E-state index in [9.17, 15) is 0 Å². The van der Waals surface area contributed by atoms with E-state index in [1.807, 2.05) is 0 Å². The van der Waals surface area contributed by atoms with E-state index in [4.69, 9.17) is 0 Å². The molecular formula is C44H54HfSi. The summed E-state index contributed by atoms with van der Waals surface area (Å²) in [6.45, 7) is 4.72. The number of fused-ring (bicyclic) bond motifs is 2. The number of hydrogen-bond donors (Lipinski definition) is 0. The Morgan fingerprint density at radius 2 is 0.935 bits per heavy atom. The number of rotatable bonds is 14. The molecule has 2 heteroatoms. The molecule has 0 amide bonds. The molecule has 2 unspecified atom stereocenters. The van der Waals surface area contributed by atoms with Gasteiger partial charge < -0.3 is 0 Å². The topological polar surface area (TPSA) is 0 Å². The molecule has 0 spiro atoms. The predicted molar refractivity (Wildman–Crippen MR) is 203 cm³/mol. The van der Waals surface area contributed by atoms with Crippen molar-refractivity contribution in [1.29, 1.82) is 0 Å². The van der Waals surface area contributed by atoms with Crippen LogP contribution in [0, 0.1) is 0 Å². The van der Waals surface area contributed by atoms with E-state index in [1.165, 1.54) is 96.8 Å². The van der Waals surface area contributed by atoms with Crippen LogP contribution in [0.3, 0.4) is 0 Å². The standard InChI is InChI=1S/2C15H11.C12H26Si.2CH3.Hf/c2*1-2-6-12(7-3-1)14-10-4-8-13-9-5-11-15(13)14;1-3-5-7-9-11-13-12-10-8-6-4-2;;;/h2*1-11H;3-12H2,1-2H3;2*1H3;.